The Morgan fingerprint density at radius 1 is 0.969 bits per heavy atom. The lowest BCUT2D eigenvalue weighted by Gasteiger charge is -2.14. The molecule has 0 bridgehead atoms. The molecule has 3 aromatic carbocycles. The molecule has 0 aliphatic rings. The van der Waals surface area contributed by atoms with Crippen LogP contribution in [-0.4, -0.2) is 33.5 Å². The van der Waals surface area contributed by atoms with Gasteiger partial charge >= 0.3 is 0 Å². The molecule has 4 rings (SSSR count). The third-order valence-electron chi connectivity index (χ3n) is 5.02. The molecule has 7 heteroatoms. The number of aromatic nitrogens is 3. The molecular weight excluding hydrogens is 420 g/mol. The zero-order valence-corrected chi connectivity index (χ0v) is 19.0. The van der Waals surface area contributed by atoms with E-state index in [0.29, 0.717) is 16.7 Å². The van der Waals surface area contributed by atoms with Crippen LogP contribution in [-0.2, 0) is 4.79 Å². The smallest absolute Gasteiger partial charge is 0.234 e. The van der Waals surface area contributed by atoms with Gasteiger partial charge in [-0.15, -0.1) is 10.2 Å². The average Bonchev–Trinajstić information content (AvgIpc) is 3.23. The Morgan fingerprint density at radius 2 is 1.69 bits per heavy atom. The number of carbonyl (C=O) groups is 1. The van der Waals surface area contributed by atoms with Gasteiger partial charge in [-0.05, 0) is 37.6 Å². The van der Waals surface area contributed by atoms with E-state index >= 15 is 0 Å². The van der Waals surface area contributed by atoms with Gasteiger partial charge in [0.25, 0.3) is 0 Å². The largest absolute Gasteiger partial charge is 0.495 e. The van der Waals surface area contributed by atoms with Crippen LogP contribution in [0.5, 0.6) is 5.75 Å². The molecule has 0 radical (unpaired) electrons. The van der Waals surface area contributed by atoms with E-state index in [1.54, 1.807) is 7.11 Å². The summed E-state index contributed by atoms with van der Waals surface area (Å²) in [5.74, 6) is 1.49. The van der Waals surface area contributed by atoms with Gasteiger partial charge in [0.1, 0.15) is 5.75 Å². The Balaban J connectivity index is 1.65. The predicted octanol–water partition coefficient (Wildman–Crippen LogP) is 5.29. The molecular formula is C25H24N4O2S. The first-order valence-corrected chi connectivity index (χ1v) is 11.2. The number of ether oxygens (including phenoxy) is 1. The van der Waals surface area contributed by atoms with Crippen molar-refractivity contribution in [3.8, 4) is 22.8 Å². The van der Waals surface area contributed by atoms with Crippen molar-refractivity contribution in [2.75, 3.05) is 18.2 Å². The van der Waals surface area contributed by atoms with Crippen molar-refractivity contribution in [2.24, 2.45) is 0 Å². The number of para-hydroxylation sites is 3. The molecule has 0 spiro atoms. The summed E-state index contributed by atoms with van der Waals surface area (Å²) in [7, 11) is 1.64. The highest BCUT2D eigenvalue weighted by molar-refractivity contribution is 7.99. The van der Waals surface area contributed by atoms with Gasteiger partial charge in [-0.2, -0.15) is 0 Å². The number of hydrogen-bond donors (Lipinski definition) is 1. The number of nitrogens with one attached hydrogen (secondary N) is 1. The molecule has 1 heterocycles. The minimum atomic E-state index is -0.101. The molecule has 0 atom stereocenters. The molecule has 0 unspecified atom stereocenters. The first-order chi connectivity index (χ1) is 15.6. The summed E-state index contributed by atoms with van der Waals surface area (Å²) in [6.45, 7) is 4.01. The summed E-state index contributed by atoms with van der Waals surface area (Å²) in [6, 6.07) is 23.5. The monoisotopic (exact) mass is 444 g/mol. The standard InChI is InChI=1S/C25H24N4O2S/c1-17-12-14-19(15-13-17)24-27-28-25(29(24)21-10-6-7-11-22(21)31-3)32-16-23(30)26-20-9-5-4-8-18(20)2/h4-15H,16H2,1-3H3,(H,26,30). The van der Waals surface area contributed by atoms with Gasteiger partial charge in [-0.25, -0.2) is 0 Å². The number of amides is 1. The van der Waals surface area contributed by atoms with Crippen molar-refractivity contribution in [3.63, 3.8) is 0 Å². The number of benzene rings is 3. The van der Waals surface area contributed by atoms with E-state index in [1.807, 2.05) is 91.2 Å². The van der Waals surface area contributed by atoms with Crippen molar-refractivity contribution in [1.82, 2.24) is 14.8 Å². The highest BCUT2D eigenvalue weighted by Crippen LogP contribution is 2.32. The van der Waals surface area contributed by atoms with E-state index in [1.165, 1.54) is 17.3 Å². The molecule has 1 amide bonds. The number of aryl methyl sites for hydroxylation is 2. The molecule has 162 valence electrons. The van der Waals surface area contributed by atoms with E-state index in [2.05, 4.69) is 15.5 Å². The van der Waals surface area contributed by atoms with Gasteiger partial charge in [0.2, 0.25) is 5.91 Å². The van der Waals surface area contributed by atoms with E-state index in [0.717, 1.165) is 22.5 Å². The van der Waals surface area contributed by atoms with Crippen molar-refractivity contribution in [2.45, 2.75) is 19.0 Å². The fraction of sp³-hybridized carbons (Fsp3) is 0.160. The van der Waals surface area contributed by atoms with Crippen molar-refractivity contribution in [1.29, 1.82) is 0 Å². The normalized spacial score (nSPS) is 10.7. The van der Waals surface area contributed by atoms with Crippen LogP contribution < -0.4 is 10.1 Å². The molecule has 0 aliphatic heterocycles. The summed E-state index contributed by atoms with van der Waals surface area (Å²) in [5, 5.41) is 12.4. The van der Waals surface area contributed by atoms with Gasteiger partial charge in [-0.3, -0.25) is 9.36 Å². The Kier molecular flexibility index (Phi) is 6.56. The predicted molar refractivity (Wildman–Crippen MR) is 129 cm³/mol. The number of nitrogens with zero attached hydrogens (tertiary/aromatic N) is 3. The molecule has 0 aliphatic carbocycles. The number of thioether (sulfide) groups is 1. The molecule has 1 aromatic heterocycles. The molecule has 32 heavy (non-hydrogen) atoms. The van der Waals surface area contributed by atoms with E-state index in [9.17, 15) is 4.79 Å². The van der Waals surface area contributed by atoms with Crippen molar-refractivity contribution in [3.05, 3.63) is 83.9 Å². The van der Waals surface area contributed by atoms with Crippen molar-refractivity contribution < 1.29 is 9.53 Å². The molecule has 0 saturated heterocycles. The van der Waals surface area contributed by atoms with Crippen LogP contribution in [0.25, 0.3) is 17.1 Å². The Labute approximate surface area is 191 Å². The highest BCUT2D eigenvalue weighted by Gasteiger charge is 2.20. The lowest BCUT2D eigenvalue weighted by Crippen LogP contribution is -2.15. The van der Waals surface area contributed by atoms with Crippen LogP contribution in [0.4, 0.5) is 5.69 Å². The number of carbonyl (C=O) groups excluding carboxylic acids is 1. The third-order valence-corrected chi connectivity index (χ3v) is 5.95. The first kappa shape index (κ1) is 21.6. The van der Waals surface area contributed by atoms with Crippen LogP contribution in [0.3, 0.4) is 0 Å². The maximum atomic E-state index is 12.6. The zero-order valence-electron chi connectivity index (χ0n) is 18.2. The van der Waals surface area contributed by atoms with Crippen LogP contribution in [0, 0.1) is 13.8 Å². The van der Waals surface area contributed by atoms with E-state index in [4.69, 9.17) is 4.74 Å². The minimum absolute atomic E-state index is 0.101. The summed E-state index contributed by atoms with van der Waals surface area (Å²) in [6.07, 6.45) is 0. The maximum Gasteiger partial charge on any atom is 0.234 e. The second-order valence-electron chi connectivity index (χ2n) is 7.33. The van der Waals surface area contributed by atoms with E-state index < -0.39 is 0 Å². The Morgan fingerprint density at radius 3 is 2.44 bits per heavy atom. The maximum absolute atomic E-state index is 12.6. The van der Waals surface area contributed by atoms with Gasteiger partial charge in [0, 0.05) is 11.3 Å². The van der Waals surface area contributed by atoms with Gasteiger partial charge in [-0.1, -0.05) is 71.9 Å². The molecule has 0 saturated carbocycles. The summed E-state index contributed by atoms with van der Waals surface area (Å²) in [4.78, 5) is 12.6. The van der Waals surface area contributed by atoms with Crippen LogP contribution >= 0.6 is 11.8 Å². The average molecular weight is 445 g/mol. The number of methoxy groups -OCH3 is 1. The second-order valence-corrected chi connectivity index (χ2v) is 8.27. The Hall–Kier alpha value is -3.58. The second kappa shape index (κ2) is 9.70. The lowest BCUT2D eigenvalue weighted by molar-refractivity contribution is -0.113. The third kappa shape index (κ3) is 4.68. The fourth-order valence-electron chi connectivity index (χ4n) is 3.31. The number of hydrogen-bond acceptors (Lipinski definition) is 5. The number of rotatable bonds is 7. The van der Waals surface area contributed by atoms with Crippen LogP contribution in [0.15, 0.2) is 78.0 Å². The molecule has 1 N–H and O–H groups in total. The van der Waals surface area contributed by atoms with Crippen molar-refractivity contribution >= 4 is 23.4 Å². The topological polar surface area (TPSA) is 69.0 Å². The van der Waals surface area contributed by atoms with Gasteiger partial charge < -0.3 is 10.1 Å². The quantitative estimate of drug-likeness (QED) is 0.392. The SMILES string of the molecule is COc1ccccc1-n1c(SCC(=O)Nc2ccccc2C)nnc1-c1ccc(C)cc1. The highest BCUT2D eigenvalue weighted by atomic mass is 32.2. The zero-order chi connectivity index (χ0) is 22.5. The lowest BCUT2D eigenvalue weighted by atomic mass is 10.1. The fourth-order valence-corrected chi connectivity index (χ4v) is 4.06. The Bertz CT molecular complexity index is 1230. The minimum Gasteiger partial charge on any atom is -0.495 e. The van der Waals surface area contributed by atoms with Crippen LogP contribution in [0.1, 0.15) is 11.1 Å². The summed E-state index contributed by atoms with van der Waals surface area (Å²) >= 11 is 1.33. The summed E-state index contributed by atoms with van der Waals surface area (Å²) < 4.78 is 7.53. The number of anilines is 1. The van der Waals surface area contributed by atoms with E-state index in [-0.39, 0.29) is 11.7 Å². The summed E-state index contributed by atoms with van der Waals surface area (Å²) in [5.41, 5.74) is 4.75. The molecule has 0 fully saturated rings. The molecule has 6 nitrogen and oxygen atoms in total. The van der Waals surface area contributed by atoms with Gasteiger partial charge in [0.15, 0.2) is 11.0 Å². The van der Waals surface area contributed by atoms with Gasteiger partial charge in [0.05, 0.1) is 18.6 Å². The van der Waals surface area contributed by atoms with Crippen LogP contribution in [0.2, 0.25) is 0 Å². The molecule has 4 aromatic rings. The first-order valence-electron chi connectivity index (χ1n) is 10.2.